The van der Waals surface area contributed by atoms with E-state index >= 15 is 0 Å². The third kappa shape index (κ3) is 7.05. The predicted octanol–water partition coefficient (Wildman–Crippen LogP) is 5.37. The van der Waals surface area contributed by atoms with Crippen molar-refractivity contribution in [2.24, 2.45) is 5.92 Å². The maximum absolute atomic E-state index is 12.6. The minimum atomic E-state index is -0.791. The molecular formula is C25H30ClFIN3O3. The van der Waals surface area contributed by atoms with Crippen molar-refractivity contribution in [1.29, 1.82) is 0 Å². The lowest BCUT2D eigenvalue weighted by atomic mass is 9.78. The third-order valence-electron chi connectivity index (χ3n) is 5.58. The summed E-state index contributed by atoms with van der Waals surface area (Å²) in [4.78, 5) is 0. The molecule has 0 bridgehead atoms. The maximum Gasteiger partial charge on any atom is 0.135 e. The van der Waals surface area contributed by atoms with Crippen LogP contribution in [-0.4, -0.2) is 45.3 Å². The van der Waals surface area contributed by atoms with Crippen LogP contribution < -0.4 is 9.47 Å². The van der Waals surface area contributed by atoms with Crippen molar-refractivity contribution in [3.63, 3.8) is 0 Å². The van der Waals surface area contributed by atoms with Gasteiger partial charge < -0.3 is 14.6 Å². The second-order valence-corrected chi connectivity index (χ2v) is 10.4. The number of benzene rings is 2. The van der Waals surface area contributed by atoms with Crippen LogP contribution in [0.2, 0.25) is 0 Å². The van der Waals surface area contributed by atoms with E-state index in [-0.39, 0.29) is 24.3 Å². The van der Waals surface area contributed by atoms with Gasteiger partial charge in [0.05, 0.1) is 22.9 Å². The van der Waals surface area contributed by atoms with Gasteiger partial charge in [-0.2, -0.15) is 0 Å². The molecule has 34 heavy (non-hydrogen) atoms. The van der Waals surface area contributed by atoms with Crippen LogP contribution in [0.4, 0.5) is 4.39 Å². The van der Waals surface area contributed by atoms with Gasteiger partial charge in [0.25, 0.3) is 0 Å². The van der Waals surface area contributed by atoms with E-state index < -0.39 is 12.8 Å². The molecule has 0 amide bonds. The number of rotatable bonds is 12. The molecule has 0 fully saturated rings. The van der Waals surface area contributed by atoms with Gasteiger partial charge in [0, 0.05) is 17.2 Å². The molecule has 0 saturated heterocycles. The van der Waals surface area contributed by atoms with Crippen molar-refractivity contribution in [2.75, 3.05) is 19.1 Å². The summed E-state index contributed by atoms with van der Waals surface area (Å²) in [5.41, 5.74) is 2.34. The molecule has 1 N–H and O–H groups in total. The lowest BCUT2D eigenvalue weighted by Gasteiger charge is -2.27. The lowest BCUT2D eigenvalue weighted by molar-refractivity contribution is 0.0888. The highest BCUT2D eigenvalue weighted by Crippen LogP contribution is 2.35. The molecule has 3 rings (SSSR count). The second kappa shape index (κ2) is 12.2. The molecule has 0 radical (unpaired) electrons. The van der Waals surface area contributed by atoms with Crippen molar-refractivity contribution >= 4 is 34.2 Å². The van der Waals surface area contributed by atoms with Crippen LogP contribution in [0.1, 0.15) is 37.6 Å². The predicted molar refractivity (Wildman–Crippen MR) is 139 cm³/mol. The summed E-state index contributed by atoms with van der Waals surface area (Å²) < 4.78 is 26.7. The SMILES string of the molecule is CC(CCl)COc1ccc(C(C)(C)c2ccc(OCC(O)Cn3cc(C[18F])nn3)cc2)cc1I. The van der Waals surface area contributed by atoms with Gasteiger partial charge >= 0.3 is 0 Å². The first-order chi connectivity index (χ1) is 16.2. The zero-order chi connectivity index (χ0) is 24.7. The van der Waals surface area contributed by atoms with Gasteiger partial charge in [-0.05, 0) is 58.0 Å². The standard InChI is InChI=1S/C25H30ClFIN3O3/c1-17(11-26)15-34-24-9-6-19(10-23(24)28)25(2,3)18-4-7-22(8-5-18)33-16-21(32)14-31-13-20(12-27)29-30-31/h4-10,13,17,21,32H,11-12,14-16H2,1-3H3/i27-1. The molecule has 0 aliphatic carbocycles. The topological polar surface area (TPSA) is 69.4 Å². The van der Waals surface area contributed by atoms with Crippen molar-refractivity contribution < 1.29 is 19.0 Å². The Labute approximate surface area is 218 Å². The average molecular weight is 601 g/mol. The molecule has 1 aromatic heterocycles. The molecule has 2 aromatic carbocycles. The number of nitrogens with zero attached hydrogens (tertiary/aromatic N) is 3. The molecule has 2 unspecified atom stereocenters. The fourth-order valence-electron chi connectivity index (χ4n) is 3.37. The van der Waals surface area contributed by atoms with Crippen molar-refractivity contribution in [2.45, 2.75) is 45.5 Å². The summed E-state index contributed by atoms with van der Waals surface area (Å²) in [6, 6.07) is 14.1. The summed E-state index contributed by atoms with van der Waals surface area (Å²) in [7, 11) is 0. The van der Waals surface area contributed by atoms with Crippen molar-refractivity contribution in [1.82, 2.24) is 15.0 Å². The van der Waals surface area contributed by atoms with E-state index in [0.29, 0.717) is 24.2 Å². The Hall–Kier alpha value is -1.91. The van der Waals surface area contributed by atoms with Crippen LogP contribution in [0.15, 0.2) is 48.7 Å². The fourth-order valence-corrected chi connectivity index (χ4v) is 4.13. The number of hydrogen-bond acceptors (Lipinski definition) is 5. The van der Waals surface area contributed by atoms with Crippen LogP contribution in [-0.2, 0) is 18.6 Å². The lowest BCUT2D eigenvalue weighted by Crippen LogP contribution is -2.24. The van der Waals surface area contributed by atoms with Gasteiger partial charge in [-0.25, -0.2) is 9.07 Å². The van der Waals surface area contributed by atoms with E-state index in [1.807, 2.05) is 30.3 Å². The largest absolute Gasteiger partial charge is 0.492 e. The molecule has 184 valence electrons. The maximum atomic E-state index is 12.6. The van der Waals surface area contributed by atoms with Gasteiger partial charge in [-0.15, -0.1) is 16.7 Å². The van der Waals surface area contributed by atoms with E-state index in [9.17, 15) is 9.50 Å². The molecule has 9 heteroatoms. The molecule has 6 nitrogen and oxygen atoms in total. The van der Waals surface area contributed by atoms with Crippen LogP contribution >= 0.6 is 34.2 Å². The molecule has 0 saturated carbocycles. The van der Waals surface area contributed by atoms with Gasteiger partial charge in [0.1, 0.15) is 36.6 Å². The Morgan fingerprint density at radius 3 is 2.44 bits per heavy atom. The highest BCUT2D eigenvalue weighted by molar-refractivity contribution is 14.1. The summed E-state index contributed by atoms with van der Waals surface area (Å²) in [5, 5.41) is 17.6. The minimum absolute atomic E-state index is 0.0928. The van der Waals surface area contributed by atoms with Crippen LogP contribution in [0.3, 0.4) is 0 Å². The monoisotopic (exact) mass is 600 g/mol. The fraction of sp³-hybridized carbons (Fsp3) is 0.440. The van der Waals surface area contributed by atoms with Gasteiger partial charge in [-0.1, -0.05) is 44.2 Å². The quantitative estimate of drug-likeness (QED) is 0.224. The smallest absolute Gasteiger partial charge is 0.135 e. The van der Waals surface area contributed by atoms with E-state index in [1.165, 1.54) is 16.4 Å². The Balaban J connectivity index is 1.59. The third-order valence-corrected chi connectivity index (χ3v) is 6.95. The van der Waals surface area contributed by atoms with Gasteiger partial charge in [0.2, 0.25) is 0 Å². The molecular weight excluding hydrogens is 571 g/mol. The Bertz CT molecular complexity index is 1060. The first-order valence-electron chi connectivity index (χ1n) is 11.1. The van der Waals surface area contributed by atoms with Crippen LogP contribution in [0, 0.1) is 9.49 Å². The Kier molecular flexibility index (Phi) is 9.56. The zero-order valence-corrected chi connectivity index (χ0v) is 22.5. The summed E-state index contributed by atoms with van der Waals surface area (Å²) in [6.45, 7) is 6.61. The number of aromatic nitrogens is 3. The van der Waals surface area contributed by atoms with Crippen molar-refractivity contribution in [3.05, 3.63) is 69.1 Å². The summed E-state index contributed by atoms with van der Waals surface area (Å²) in [6.07, 6.45) is 0.681. The van der Waals surface area contributed by atoms with E-state index in [4.69, 9.17) is 21.1 Å². The molecule has 0 aliphatic rings. The first-order valence-corrected chi connectivity index (χ1v) is 12.7. The van der Waals surface area contributed by atoms with E-state index in [1.54, 1.807) is 0 Å². The molecule has 1 heterocycles. The molecule has 2 atom stereocenters. The molecule has 3 aromatic rings. The highest BCUT2D eigenvalue weighted by Gasteiger charge is 2.24. The molecule has 0 aliphatic heterocycles. The number of aliphatic hydroxyl groups is 1. The van der Waals surface area contributed by atoms with Crippen LogP contribution in [0.25, 0.3) is 0 Å². The van der Waals surface area contributed by atoms with Gasteiger partial charge in [0.15, 0.2) is 0 Å². The summed E-state index contributed by atoms with van der Waals surface area (Å²) in [5.74, 6) is 2.40. The number of ether oxygens (including phenoxy) is 2. The summed E-state index contributed by atoms with van der Waals surface area (Å²) >= 11 is 8.18. The second-order valence-electron chi connectivity index (χ2n) is 8.90. The molecule has 0 spiro atoms. The minimum Gasteiger partial charge on any atom is -0.492 e. The van der Waals surface area contributed by atoms with Crippen LogP contribution in [0.5, 0.6) is 11.5 Å². The Morgan fingerprint density at radius 1 is 1.12 bits per heavy atom. The number of aliphatic hydroxyl groups excluding tert-OH is 1. The van der Waals surface area contributed by atoms with Crippen molar-refractivity contribution in [3.8, 4) is 11.5 Å². The number of alkyl halides is 2. The first kappa shape index (κ1) is 26.7. The normalized spacial score (nSPS) is 13.5. The van der Waals surface area contributed by atoms with E-state index in [0.717, 1.165) is 14.9 Å². The zero-order valence-electron chi connectivity index (χ0n) is 19.5. The number of halogens is 3. The van der Waals surface area contributed by atoms with Gasteiger partial charge in [-0.3, -0.25) is 0 Å². The van der Waals surface area contributed by atoms with E-state index in [2.05, 4.69) is 65.8 Å². The average Bonchev–Trinajstić information content (AvgIpc) is 3.29. The Morgan fingerprint density at radius 2 is 1.82 bits per heavy atom. The highest BCUT2D eigenvalue weighted by atomic mass is 127. The number of hydrogen-bond donors (Lipinski definition) is 1.